The molecule has 2 heteroatoms. The van der Waals surface area contributed by atoms with Gasteiger partial charge in [0.15, 0.2) is 0 Å². The lowest BCUT2D eigenvalue weighted by Gasteiger charge is -2.35. The molecule has 0 aliphatic carbocycles. The van der Waals surface area contributed by atoms with Crippen LogP contribution in [0.25, 0.3) is 0 Å². The van der Waals surface area contributed by atoms with Gasteiger partial charge in [0, 0.05) is 6.61 Å². The van der Waals surface area contributed by atoms with Crippen LogP contribution in [0.5, 0.6) is 0 Å². The van der Waals surface area contributed by atoms with E-state index in [0.717, 1.165) is 13.2 Å². The van der Waals surface area contributed by atoms with E-state index < -0.39 is 0 Å². The molecule has 90 valence electrons. The van der Waals surface area contributed by atoms with Gasteiger partial charge in [-0.2, -0.15) is 0 Å². The van der Waals surface area contributed by atoms with Crippen LogP contribution >= 0.6 is 0 Å². The van der Waals surface area contributed by atoms with E-state index in [2.05, 4.69) is 50.4 Å². The molecule has 1 aromatic carbocycles. The third kappa shape index (κ3) is 3.32. The highest BCUT2D eigenvalue weighted by atomic mass is 16.5. The number of hydrogen-bond acceptors (Lipinski definition) is 2. The van der Waals surface area contributed by atoms with Gasteiger partial charge >= 0.3 is 0 Å². The van der Waals surface area contributed by atoms with Crippen molar-refractivity contribution in [3.8, 4) is 0 Å². The quantitative estimate of drug-likeness (QED) is 0.796. The number of ether oxygens (including phenoxy) is 1. The Labute approximate surface area is 99.0 Å². The van der Waals surface area contributed by atoms with Gasteiger partial charge in [-0.05, 0) is 32.9 Å². The van der Waals surface area contributed by atoms with Gasteiger partial charge in [0.05, 0.1) is 11.6 Å². The van der Waals surface area contributed by atoms with Crippen LogP contribution in [0.15, 0.2) is 30.3 Å². The maximum atomic E-state index is 5.84. The standard InChI is InChI=1S/C14H23NO/c1-5-15-13(14(3,4)16-6-2)12-10-8-7-9-11-12/h7-11,13,15H,5-6H2,1-4H3. The molecule has 0 aliphatic rings. The number of likely N-dealkylation sites (N-methyl/N-ethyl adjacent to an activating group) is 1. The molecule has 0 aliphatic heterocycles. The van der Waals surface area contributed by atoms with Crippen LogP contribution in [-0.4, -0.2) is 18.8 Å². The summed E-state index contributed by atoms with van der Waals surface area (Å²) in [6.45, 7) is 10.1. The zero-order chi connectivity index (χ0) is 12.0. The molecule has 0 radical (unpaired) electrons. The van der Waals surface area contributed by atoms with Crippen molar-refractivity contribution in [1.82, 2.24) is 5.32 Å². The van der Waals surface area contributed by atoms with Gasteiger partial charge in [-0.1, -0.05) is 37.3 Å². The Kier molecular flexibility index (Phi) is 4.97. The molecular weight excluding hydrogens is 198 g/mol. The van der Waals surface area contributed by atoms with E-state index >= 15 is 0 Å². The third-order valence-electron chi connectivity index (χ3n) is 2.75. The monoisotopic (exact) mass is 221 g/mol. The molecule has 0 saturated carbocycles. The summed E-state index contributed by atoms with van der Waals surface area (Å²) >= 11 is 0. The van der Waals surface area contributed by atoms with Crippen LogP contribution in [0, 0.1) is 0 Å². The van der Waals surface area contributed by atoms with Crippen molar-refractivity contribution >= 4 is 0 Å². The molecule has 1 N–H and O–H groups in total. The number of nitrogens with one attached hydrogen (secondary N) is 1. The van der Waals surface area contributed by atoms with Crippen molar-refractivity contribution in [2.24, 2.45) is 0 Å². The van der Waals surface area contributed by atoms with Crippen molar-refractivity contribution in [1.29, 1.82) is 0 Å². The minimum Gasteiger partial charge on any atom is -0.374 e. The second-order valence-corrected chi connectivity index (χ2v) is 4.44. The van der Waals surface area contributed by atoms with Gasteiger partial charge in [0.2, 0.25) is 0 Å². The molecule has 0 amide bonds. The van der Waals surface area contributed by atoms with E-state index in [-0.39, 0.29) is 11.6 Å². The van der Waals surface area contributed by atoms with Gasteiger partial charge in [0.1, 0.15) is 0 Å². The fraction of sp³-hybridized carbons (Fsp3) is 0.571. The predicted molar refractivity (Wildman–Crippen MR) is 68.6 cm³/mol. The summed E-state index contributed by atoms with van der Waals surface area (Å²) < 4.78 is 5.84. The Morgan fingerprint density at radius 2 is 1.81 bits per heavy atom. The van der Waals surface area contributed by atoms with Crippen molar-refractivity contribution in [2.45, 2.75) is 39.3 Å². The van der Waals surface area contributed by atoms with Gasteiger partial charge < -0.3 is 10.1 Å². The van der Waals surface area contributed by atoms with E-state index in [9.17, 15) is 0 Å². The highest BCUT2D eigenvalue weighted by molar-refractivity contribution is 5.21. The molecule has 16 heavy (non-hydrogen) atoms. The molecule has 0 heterocycles. The summed E-state index contributed by atoms with van der Waals surface area (Å²) in [6, 6.07) is 10.7. The lowest BCUT2D eigenvalue weighted by atomic mass is 9.91. The van der Waals surface area contributed by atoms with E-state index in [1.54, 1.807) is 0 Å². The second-order valence-electron chi connectivity index (χ2n) is 4.44. The fourth-order valence-corrected chi connectivity index (χ4v) is 2.07. The molecule has 0 aromatic heterocycles. The largest absolute Gasteiger partial charge is 0.374 e. The molecular formula is C14H23NO. The molecule has 1 rings (SSSR count). The van der Waals surface area contributed by atoms with Crippen molar-refractivity contribution in [3.05, 3.63) is 35.9 Å². The van der Waals surface area contributed by atoms with Crippen LogP contribution in [0.4, 0.5) is 0 Å². The zero-order valence-corrected chi connectivity index (χ0v) is 10.8. The number of rotatable bonds is 6. The van der Waals surface area contributed by atoms with Crippen LogP contribution in [0.1, 0.15) is 39.3 Å². The summed E-state index contributed by atoms with van der Waals surface area (Å²) in [5.74, 6) is 0. The minimum absolute atomic E-state index is 0.188. The van der Waals surface area contributed by atoms with Crippen LogP contribution in [-0.2, 0) is 4.74 Å². The van der Waals surface area contributed by atoms with E-state index in [0.29, 0.717) is 0 Å². The summed E-state index contributed by atoms with van der Waals surface area (Å²) in [5.41, 5.74) is 1.09. The number of hydrogen-bond donors (Lipinski definition) is 1. The first kappa shape index (κ1) is 13.2. The molecule has 0 fully saturated rings. The SMILES string of the molecule is CCNC(c1ccccc1)C(C)(C)OCC. The van der Waals surface area contributed by atoms with Crippen molar-refractivity contribution in [3.63, 3.8) is 0 Å². The topological polar surface area (TPSA) is 21.3 Å². The molecule has 1 atom stereocenters. The molecule has 0 bridgehead atoms. The highest BCUT2D eigenvalue weighted by Gasteiger charge is 2.30. The molecule has 1 aromatic rings. The summed E-state index contributed by atoms with van der Waals surface area (Å²) in [7, 11) is 0. The van der Waals surface area contributed by atoms with E-state index in [1.807, 2.05) is 13.0 Å². The smallest absolute Gasteiger partial charge is 0.0820 e. The first-order valence-electron chi connectivity index (χ1n) is 6.04. The first-order valence-corrected chi connectivity index (χ1v) is 6.04. The number of benzene rings is 1. The molecule has 0 saturated heterocycles. The first-order chi connectivity index (χ1) is 7.61. The zero-order valence-electron chi connectivity index (χ0n) is 10.8. The van der Waals surface area contributed by atoms with Gasteiger partial charge in [-0.15, -0.1) is 0 Å². The fourth-order valence-electron chi connectivity index (χ4n) is 2.07. The van der Waals surface area contributed by atoms with Gasteiger partial charge in [-0.3, -0.25) is 0 Å². The molecule has 2 nitrogen and oxygen atoms in total. The lowest BCUT2D eigenvalue weighted by Crippen LogP contribution is -2.41. The normalized spacial score (nSPS) is 13.8. The molecule has 0 spiro atoms. The second kappa shape index (κ2) is 6.02. The third-order valence-corrected chi connectivity index (χ3v) is 2.75. The Morgan fingerprint density at radius 1 is 1.19 bits per heavy atom. The Balaban J connectivity index is 2.90. The van der Waals surface area contributed by atoms with E-state index in [1.165, 1.54) is 5.56 Å². The van der Waals surface area contributed by atoms with Crippen LogP contribution in [0.2, 0.25) is 0 Å². The van der Waals surface area contributed by atoms with Crippen molar-refractivity contribution in [2.75, 3.05) is 13.2 Å². The average molecular weight is 221 g/mol. The van der Waals surface area contributed by atoms with Crippen LogP contribution < -0.4 is 5.32 Å². The maximum absolute atomic E-state index is 5.84. The van der Waals surface area contributed by atoms with Crippen molar-refractivity contribution < 1.29 is 4.74 Å². The Morgan fingerprint density at radius 3 is 2.31 bits per heavy atom. The van der Waals surface area contributed by atoms with E-state index in [4.69, 9.17) is 4.74 Å². The Bertz CT molecular complexity index is 295. The summed E-state index contributed by atoms with van der Waals surface area (Å²) in [6.07, 6.45) is 0. The molecule has 1 unspecified atom stereocenters. The Hall–Kier alpha value is -0.860. The summed E-state index contributed by atoms with van der Waals surface area (Å²) in [4.78, 5) is 0. The lowest BCUT2D eigenvalue weighted by molar-refractivity contribution is -0.0388. The highest BCUT2D eigenvalue weighted by Crippen LogP contribution is 2.28. The minimum atomic E-state index is -0.188. The maximum Gasteiger partial charge on any atom is 0.0820 e. The van der Waals surface area contributed by atoms with Gasteiger partial charge in [-0.25, -0.2) is 0 Å². The van der Waals surface area contributed by atoms with Gasteiger partial charge in [0.25, 0.3) is 0 Å². The van der Waals surface area contributed by atoms with Crippen LogP contribution in [0.3, 0.4) is 0 Å². The summed E-state index contributed by atoms with van der Waals surface area (Å²) in [5, 5.41) is 3.50. The average Bonchev–Trinajstić information content (AvgIpc) is 2.27. The predicted octanol–water partition coefficient (Wildman–Crippen LogP) is 3.15.